The number of rotatable bonds is 1. The van der Waals surface area contributed by atoms with Gasteiger partial charge in [0.15, 0.2) is 0 Å². The maximum atomic E-state index is 11.5. The Morgan fingerprint density at radius 1 is 1.22 bits per heavy atom. The number of nitrogens with zero attached hydrogens (tertiary/aromatic N) is 1. The van der Waals surface area contributed by atoms with Crippen LogP contribution >= 0.6 is 23.2 Å². The van der Waals surface area contributed by atoms with Crippen LogP contribution in [0, 0.1) is 0 Å². The average Bonchev–Trinajstić information content (AvgIpc) is 2.79. The first-order chi connectivity index (χ1) is 8.65. The van der Waals surface area contributed by atoms with E-state index in [9.17, 15) is 4.79 Å². The molecule has 0 fully saturated rings. The highest BCUT2D eigenvalue weighted by Gasteiger charge is 2.18. The van der Waals surface area contributed by atoms with E-state index in [4.69, 9.17) is 23.2 Å². The van der Waals surface area contributed by atoms with Crippen LogP contribution in [0.1, 0.15) is 5.56 Å². The van der Waals surface area contributed by atoms with Gasteiger partial charge in [0.1, 0.15) is 5.82 Å². The standard InChI is InChI=1S/C12H9Cl2N3O/c13-8-2-1-6(5-9(8)14)10-7-3-4-15-11(7)17-12(18)16-10/h1-2,5H,3-4H2,(H2,15,16,17,18). The first kappa shape index (κ1) is 11.6. The largest absolute Gasteiger partial charge is 0.369 e. The smallest absolute Gasteiger partial charge is 0.347 e. The number of hydrogen-bond donors (Lipinski definition) is 2. The van der Waals surface area contributed by atoms with Crippen molar-refractivity contribution in [2.75, 3.05) is 11.9 Å². The molecule has 1 aromatic carbocycles. The predicted octanol–water partition coefficient (Wildman–Crippen LogP) is 2.71. The zero-order valence-corrected chi connectivity index (χ0v) is 10.8. The molecule has 1 aromatic heterocycles. The predicted molar refractivity (Wildman–Crippen MR) is 72.5 cm³/mol. The summed E-state index contributed by atoms with van der Waals surface area (Å²) in [5.41, 5.74) is 2.23. The van der Waals surface area contributed by atoms with E-state index in [1.807, 2.05) is 6.07 Å². The van der Waals surface area contributed by atoms with E-state index < -0.39 is 0 Å². The summed E-state index contributed by atoms with van der Waals surface area (Å²) in [7, 11) is 0. The summed E-state index contributed by atoms with van der Waals surface area (Å²) in [4.78, 5) is 18.2. The summed E-state index contributed by atoms with van der Waals surface area (Å²) < 4.78 is 0. The molecule has 2 aromatic rings. The van der Waals surface area contributed by atoms with Crippen LogP contribution in [0.4, 0.5) is 5.82 Å². The van der Waals surface area contributed by atoms with Gasteiger partial charge in [0.2, 0.25) is 0 Å². The van der Waals surface area contributed by atoms with E-state index in [2.05, 4.69) is 15.3 Å². The van der Waals surface area contributed by atoms with Crippen molar-refractivity contribution in [2.45, 2.75) is 6.42 Å². The second kappa shape index (κ2) is 4.30. The van der Waals surface area contributed by atoms with Crippen LogP contribution in [0.25, 0.3) is 11.3 Å². The number of hydrogen-bond acceptors (Lipinski definition) is 3. The first-order valence-electron chi connectivity index (χ1n) is 5.47. The van der Waals surface area contributed by atoms with Crippen molar-refractivity contribution in [1.29, 1.82) is 0 Å². The van der Waals surface area contributed by atoms with Gasteiger partial charge in [-0.2, -0.15) is 4.98 Å². The van der Waals surface area contributed by atoms with Crippen LogP contribution in [0.15, 0.2) is 23.0 Å². The van der Waals surface area contributed by atoms with Crippen LogP contribution in [0.3, 0.4) is 0 Å². The fourth-order valence-electron chi connectivity index (χ4n) is 2.09. The van der Waals surface area contributed by atoms with Crippen molar-refractivity contribution < 1.29 is 0 Å². The summed E-state index contributed by atoms with van der Waals surface area (Å²) in [5.74, 6) is 0.653. The third kappa shape index (κ3) is 1.87. The number of aromatic amines is 1. The lowest BCUT2D eigenvalue weighted by atomic mass is 10.1. The van der Waals surface area contributed by atoms with Gasteiger partial charge < -0.3 is 10.3 Å². The lowest BCUT2D eigenvalue weighted by Gasteiger charge is -2.07. The van der Waals surface area contributed by atoms with Gasteiger partial charge in [-0.25, -0.2) is 4.79 Å². The van der Waals surface area contributed by atoms with E-state index in [0.717, 1.165) is 29.8 Å². The molecule has 2 heterocycles. The maximum absolute atomic E-state index is 11.5. The van der Waals surface area contributed by atoms with E-state index >= 15 is 0 Å². The summed E-state index contributed by atoms with van der Waals surface area (Å²) >= 11 is 11.9. The molecule has 18 heavy (non-hydrogen) atoms. The van der Waals surface area contributed by atoms with Gasteiger partial charge in [-0.05, 0) is 18.6 Å². The molecule has 2 N–H and O–H groups in total. The van der Waals surface area contributed by atoms with Crippen molar-refractivity contribution >= 4 is 29.0 Å². The van der Waals surface area contributed by atoms with Crippen molar-refractivity contribution in [3.8, 4) is 11.3 Å². The fourth-order valence-corrected chi connectivity index (χ4v) is 2.39. The minimum Gasteiger partial charge on any atom is -0.369 e. The highest BCUT2D eigenvalue weighted by atomic mass is 35.5. The van der Waals surface area contributed by atoms with Crippen LogP contribution in [0.5, 0.6) is 0 Å². The third-order valence-corrected chi connectivity index (χ3v) is 3.65. The Balaban J connectivity index is 2.23. The third-order valence-electron chi connectivity index (χ3n) is 2.91. The monoisotopic (exact) mass is 281 g/mol. The summed E-state index contributed by atoms with van der Waals surface area (Å²) in [6, 6.07) is 5.29. The number of nitrogens with one attached hydrogen (secondary N) is 2. The first-order valence-corrected chi connectivity index (χ1v) is 6.23. The molecule has 0 atom stereocenters. The molecule has 6 heteroatoms. The molecule has 0 bridgehead atoms. The van der Waals surface area contributed by atoms with Crippen LogP contribution in [-0.4, -0.2) is 16.5 Å². The van der Waals surface area contributed by atoms with E-state index in [0.29, 0.717) is 15.9 Å². The molecule has 0 radical (unpaired) electrons. The Labute approximate surface area is 113 Å². The normalized spacial score (nSPS) is 13.2. The van der Waals surface area contributed by atoms with Gasteiger partial charge in [0, 0.05) is 17.7 Å². The molecule has 1 aliphatic heterocycles. The highest BCUT2D eigenvalue weighted by Crippen LogP contribution is 2.32. The Hall–Kier alpha value is -1.52. The number of aromatic nitrogens is 2. The summed E-state index contributed by atoms with van der Waals surface area (Å²) in [6.45, 7) is 0.786. The second-order valence-corrected chi connectivity index (χ2v) is 4.86. The maximum Gasteiger partial charge on any atom is 0.347 e. The molecule has 92 valence electrons. The molecule has 0 saturated heterocycles. The highest BCUT2D eigenvalue weighted by molar-refractivity contribution is 6.42. The van der Waals surface area contributed by atoms with Crippen molar-refractivity contribution in [3.05, 3.63) is 44.3 Å². The zero-order valence-electron chi connectivity index (χ0n) is 9.26. The molecule has 0 saturated carbocycles. The minimum absolute atomic E-state index is 0.371. The van der Waals surface area contributed by atoms with Crippen molar-refractivity contribution in [2.24, 2.45) is 0 Å². The van der Waals surface area contributed by atoms with Crippen molar-refractivity contribution in [1.82, 2.24) is 9.97 Å². The molecule has 3 rings (SSSR count). The lowest BCUT2D eigenvalue weighted by Crippen LogP contribution is -2.13. The Morgan fingerprint density at radius 3 is 2.83 bits per heavy atom. The van der Waals surface area contributed by atoms with E-state index in [1.54, 1.807) is 12.1 Å². The molecule has 0 spiro atoms. The fraction of sp³-hybridized carbons (Fsp3) is 0.167. The van der Waals surface area contributed by atoms with Gasteiger partial charge in [-0.3, -0.25) is 0 Å². The minimum atomic E-state index is -0.371. The van der Waals surface area contributed by atoms with E-state index in [1.165, 1.54) is 0 Å². The summed E-state index contributed by atoms with van der Waals surface area (Å²) in [5, 5.41) is 4.04. The molecule has 1 aliphatic rings. The number of H-pyrrole nitrogens is 1. The molecule has 4 nitrogen and oxygen atoms in total. The number of halogens is 2. The topological polar surface area (TPSA) is 57.8 Å². The van der Waals surface area contributed by atoms with Gasteiger partial charge in [-0.15, -0.1) is 0 Å². The Morgan fingerprint density at radius 2 is 2.06 bits per heavy atom. The Bertz CT molecular complexity index is 682. The van der Waals surface area contributed by atoms with Crippen LogP contribution in [-0.2, 0) is 6.42 Å². The number of benzene rings is 1. The molecule has 0 aliphatic carbocycles. The number of anilines is 1. The van der Waals surface area contributed by atoms with Crippen LogP contribution < -0.4 is 11.0 Å². The second-order valence-electron chi connectivity index (χ2n) is 4.05. The van der Waals surface area contributed by atoms with Gasteiger partial charge in [-0.1, -0.05) is 29.3 Å². The van der Waals surface area contributed by atoms with Gasteiger partial charge in [0.25, 0.3) is 0 Å². The zero-order chi connectivity index (χ0) is 12.7. The quantitative estimate of drug-likeness (QED) is 0.845. The van der Waals surface area contributed by atoms with Crippen LogP contribution in [0.2, 0.25) is 10.0 Å². The number of fused-ring (bicyclic) bond motifs is 1. The van der Waals surface area contributed by atoms with E-state index in [-0.39, 0.29) is 5.69 Å². The molecule has 0 amide bonds. The lowest BCUT2D eigenvalue weighted by molar-refractivity contribution is 1.06. The summed E-state index contributed by atoms with van der Waals surface area (Å²) in [6.07, 6.45) is 0.828. The SMILES string of the molecule is O=c1nc2c(c(-c3ccc(Cl)c(Cl)c3)[nH]1)CCN2. The van der Waals surface area contributed by atoms with Crippen molar-refractivity contribution in [3.63, 3.8) is 0 Å². The Kier molecular flexibility index (Phi) is 2.76. The van der Waals surface area contributed by atoms with Gasteiger partial charge >= 0.3 is 5.69 Å². The molecular formula is C12H9Cl2N3O. The van der Waals surface area contributed by atoms with Gasteiger partial charge in [0.05, 0.1) is 15.7 Å². The average molecular weight is 282 g/mol. The molecule has 0 unspecified atom stereocenters. The molecular weight excluding hydrogens is 273 g/mol.